The third-order valence-electron chi connectivity index (χ3n) is 1.68. The molecule has 0 amide bonds. The van der Waals surface area contributed by atoms with Crippen LogP contribution in [0.3, 0.4) is 0 Å². The third-order valence-corrected chi connectivity index (χ3v) is 2.33. The first-order chi connectivity index (χ1) is 5.77. The van der Waals surface area contributed by atoms with Crippen molar-refractivity contribution in [3.05, 3.63) is 23.4 Å². The van der Waals surface area contributed by atoms with E-state index in [1.54, 1.807) is 11.8 Å². The normalized spacial score (nSPS) is 9.83. The van der Waals surface area contributed by atoms with Crippen LogP contribution in [0, 0.1) is 6.92 Å². The van der Waals surface area contributed by atoms with Gasteiger partial charge in [0.1, 0.15) is 6.29 Å². The summed E-state index contributed by atoms with van der Waals surface area (Å²) in [4.78, 5) is 14.6. The van der Waals surface area contributed by atoms with Gasteiger partial charge in [-0.1, -0.05) is 6.07 Å². The second kappa shape index (κ2) is 4.26. The lowest BCUT2D eigenvalue weighted by atomic mass is 10.1. The van der Waals surface area contributed by atoms with Crippen LogP contribution in [0.15, 0.2) is 17.2 Å². The summed E-state index contributed by atoms with van der Waals surface area (Å²) >= 11 is 1.61. The Kier molecular flexibility index (Phi) is 3.29. The molecule has 0 spiro atoms. The van der Waals surface area contributed by atoms with E-state index < -0.39 is 0 Å². The van der Waals surface area contributed by atoms with Gasteiger partial charge in [-0.25, -0.2) is 4.98 Å². The van der Waals surface area contributed by atoms with Gasteiger partial charge in [0.2, 0.25) is 0 Å². The summed E-state index contributed by atoms with van der Waals surface area (Å²) in [7, 11) is 0. The maximum atomic E-state index is 10.2. The molecule has 3 heteroatoms. The van der Waals surface area contributed by atoms with Crippen LogP contribution in [0.1, 0.15) is 11.3 Å². The highest BCUT2D eigenvalue weighted by Crippen LogP contribution is 2.14. The van der Waals surface area contributed by atoms with E-state index in [2.05, 4.69) is 4.98 Å². The van der Waals surface area contributed by atoms with Crippen molar-refractivity contribution in [2.45, 2.75) is 18.4 Å². The van der Waals surface area contributed by atoms with Gasteiger partial charge in [0, 0.05) is 12.1 Å². The lowest BCUT2D eigenvalue weighted by molar-refractivity contribution is -0.107. The number of rotatable bonds is 3. The van der Waals surface area contributed by atoms with Gasteiger partial charge >= 0.3 is 0 Å². The van der Waals surface area contributed by atoms with Crippen LogP contribution in [0.5, 0.6) is 0 Å². The standard InChI is InChI=1S/C9H11NOS/c1-7-8(5-6-11)3-4-9(10-7)12-2/h3-4,6H,5H2,1-2H3. The molecule has 0 aliphatic rings. The van der Waals surface area contributed by atoms with E-state index in [4.69, 9.17) is 0 Å². The number of nitrogens with zero attached hydrogens (tertiary/aromatic N) is 1. The van der Waals surface area contributed by atoms with Gasteiger partial charge in [-0.2, -0.15) is 0 Å². The fourth-order valence-corrected chi connectivity index (χ4v) is 1.42. The Labute approximate surface area is 76.4 Å². The van der Waals surface area contributed by atoms with Crippen molar-refractivity contribution in [3.63, 3.8) is 0 Å². The predicted octanol–water partition coefficient (Wildman–Crippen LogP) is 1.85. The maximum absolute atomic E-state index is 10.2. The van der Waals surface area contributed by atoms with Gasteiger partial charge in [-0.3, -0.25) is 0 Å². The van der Waals surface area contributed by atoms with E-state index in [0.29, 0.717) is 6.42 Å². The zero-order valence-corrected chi connectivity index (χ0v) is 8.02. The van der Waals surface area contributed by atoms with E-state index in [1.807, 2.05) is 25.3 Å². The Bertz CT molecular complexity index is 286. The van der Waals surface area contributed by atoms with Crippen molar-refractivity contribution < 1.29 is 4.79 Å². The number of hydrogen-bond donors (Lipinski definition) is 0. The Hall–Kier alpha value is -0.830. The Morgan fingerprint density at radius 3 is 2.83 bits per heavy atom. The minimum Gasteiger partial charge on any atom is -0.303 e. The number of carbonyl (C=O) groups is 1. The summed E-state index contributed by atoms with van der Waals surface area (Å²) in [6.45, 7) is 1.93. The van der Waals surface area contributed by atoms with Crippen LogP contribution in [0.25, 0.3) is 0 Å². The summed E-state index contributed by atoms with van der Waals surface area (Å²) < 4.78 is 0. The molecule has 0 radical (unpaired) electrons. The molecule has 0 atom stereocenters. The minimum absolute atomic E-state index is 0.466. The summed E-state index contributed by atoms with van der Waals surface area (Å²) in [6.07, 6.45) is 3.36. The lowest BCUT2D eigenvalue weighted by Crippen LogP contribution is -1.94. The molecule has 0 bridgehead atoms. The Morgan fingerprint density at radius 1 is 1.58 bits per heavy atom. The fourth-order valence-electron chi connectivity index (χ4n) is 0.986. The van der Waals surface area contributed by atoms with E-state index in [9.17, 15) is 4.79 Å². The van der Waals surface area contributed by atoms with Crippen LogP contribution in [0.4, 0.5) is 0 Å². The zero-order chi connectivity index (χ0) is 8.97. The van der Waals surface area contributed by atoms with Crippen molar-refractivity contribution in [1.82, 2.24) is 4.98 Å². The average molecular weight is 181 g/mol. The second-order valence-electron chi connectivity index (χ2n) is 2.47. The highest BCUT2D eigenvalue weighted by molar-refractivity contribution is 7.98. The quantitative estimate of drug-likeness (QED) is 0.526. The van der Waals surface area contributed by atoms with Crippen molar-refractivity contribution in [2.24, 2.45) is 0 Å². The molecule has 0 saturated carbocycles. The van der Waals surface area contributed by atoms with Crippen LogP contribution in [-0.4, -0.2) is 17.5 Å². The molecule has 1 heterocycles. The molecule has 0 aliphatic heterocycles. The molecule has 0 N–H and O–H groups in total. The topological polar surface area (TPSA) is 30.0 Å². The van der Waals surface area contributed by atoms with E-state index in [-0.39, 0.29) is 0 Å². The largest absolute Gasteiger partial charge is 0.303 e. The molecular weight excluding hydrogens is 170 g/mol. The molecule has 0 aromatic carbocycles. The van der Waals surface area contributed by atoms with E-state index >= 15 is 0 Å². The minimum atomic E-state index is 0.466. The molecule has 12 heavy (non-hydrogen) atoms. The summed E-state index contributed by atoms with van der Waals surface area (Å²) in [5.74, 6) is 0. The lowest BCUT2D eigenvalue weighted by Gasteiger charge is -2.02. The van der Waals surface area contributed by atoms with Gasteiger partial charge < -0.3 is 4.79 Å². The Morgan fingerprint density at radius 2 is 2.33 bits per heavy atom. The number of aryl methyl sites for hydroxylation is 1. The Balaban J connectivity index is 2.94. The molecular formula is C9H11NOS. The number of thioether (sulfide) groups is 1. The second-order valence-corrected chi connectivity index (χ2v) is 3.30. The molecule has 0 fully saturated rings. The zero-order valence-electron chi connectivity index (χ0n) is 7.20. The molecule has 0 aliphatic carbocycles. The smallest absolute Gasteiger partial charge is 0.124 e. The highest BCUT2D eigenvalue weighted by Gasteiger charge is 1.99. The van der Waals surface area contributed by atoms with Crippen molar-refractivity contribution in [1.29, 1.82) is 0 Å². The molecule has 64 valence electrons. The fraction of sp³-hybridized carbons (Fsp3) is 0.333. The molecule has 0 unspecified atom stereocenters. The number of pyridine rings is 1. The first kappa shape index (κ1) is 9.26. The number of aromatic nitrogens is 1. The molecule has 1 aromatic heterocycles. The molecule has 2 nitrogen and oxygen atoms in total. The molecule has 1 aromatic rings. The van der Waals surface area contributed by atoms with Gasteiger partial charge in [0.15, 0.2) is 0 Å². The van der Waals surface area contributed by atoms with Crippen LogP contribution in [-0.2, 0) is 11.2 Å². The van der Waals surface area contributed by atoms with Crippen molar-refractivity contribution in [2.75, 3.05) is 6.26 Å². The van der Waals surface area contributed by atoms with Gasteiger partial charge in [0.05, 0.1) is 5.03 Å². The van der Waals surface area contributed by atoms with Crippen molar-refractivity contribution in [3.8, 4) is 0 Å². The van der Waals surface area contributed by atoms with Crippen LogP contribution >= 0.6 is 11.8 Å². The number of aldehydes is 1. The monoisotopic (exact) mass is 181 g/mol. The average Bonchev–Trinajstić information content (AvgIpc) is 2.09. The first-order valence-corrected chi connectivity index (χ1v) is 4.94. The molecule has 1 rings (SSSR count). The van der Waals surface area contributed by atoms with Gasteiger partial charge in [-0.15, -0.1) is 11.8 Å². The van der Waals surface area contributed by atoms with E-state index in [1.165, 1.54) is 0 Å². The molecule has 0 saturated heterocycles. The summed E-state index contributed by atoms with van der Waals surface area (Å²) in [5.41, 5.74) is 1.97. The number of carbonyl (C=O) groups excluding carboxylic acids is 1. The van der Waals surface area contributed by atoms with E-state index in [0.717, 1.165) is 22.6 Å². The first-order valence-electron chi connectivity index (χ1n) is 3.72. The highest BCUT2D eigenvalue weighted by atomic mass is 32.2. The third kappa shape index (κ3) is 2.08. The maximum Gasteiger partial charge on any atom is 0.124 e. The summed E-state index contributed by atoms with van der Waals surface area (Å²) in [5, 5.41) is 1.00. The van der Waals surface area contributed by atoms with Gasteiger partial charge in [-0.05, 0) is 24.8 Å². The van der Waals surface area contributed by atoms with Crippen LogP contribution in [0.2, 0.25) is 0 Å². The van der Waals surface area contributed by atoms with Crippen LogP contribution < -0.4 is 0 Å². The SMILES string of the molecule is CSc1ccc(CC=O)c(C)n1. The van der Waals surface area contributed by atoms with Gasteiger partial charge in [0.25, 0.3) is 0 Å². The van der Waals surface area contributed by atoms with Crippen molar-refractivity contribution >= 4 is 18.0 Å². The number of hydrogen-bond acceptors (Lipinski definition) is 3. The predicted molar refractivity (Wildman–Crippen MR) is 50.5 cm³/mol. The summed E-state index contributed by atoms with van der Waals surface area (Å²) in [6, 6.07) is 3.90.